The van der Waals surface area contributed by atoms with Crippen molar-refractivity contribution in [2.24, 2.45) is 0 Å². The highest BCUT2D eigenvalue weighted by Crippen LogP contribution is 2.36. The number of carbonyl (C=O) groups is 1. The van der Waals surface area contributed by atoms with Crippen molar-refractivity contribution in [1.29, 1.82) is 0 Å². The van der Waals surface area contributed by atoms with Gasteiger partial charge in [-0.25, -0.2) is 4.79 Å². The topological polar surface area (TPSA) is 41.6 Å². The van der Waals surface area contributed by atoms with Crippen molar-refractivity contribution in [2.45, 2.75) is 57.7 Å². The van der Waals surface area contributed by atoms with Crippen LogP contribution in [0.1, 0.15) is 40.5 Å². The second-order valence-corrected chi connectivity index (χ2v) is 6.17. The third-order valence-corrected chi connectivity index (χ3v) is 3.44. The fourth-order valence-electron chi connectivity index (χ4n) is 2.72. The maximum absolute atomic E-state index is 12.2. The molecule has 2 rings (SSSR count). The summed E-state index contributed by atoms with van der Waals surface area (Å²) in [5.74, 6) is 0. The van der Waals surface area contributed by atoms with Gasteiger partial charge in [0, 0.05) is 19.1 Å². The number of nitrogens with zero attached hydrogens (tertiary/aromatic N) is 1. The maximum atomic E-state index is 12.2. The summed E-state index contributed by atoms with van der Waals surface area (Å²) in [7, 11) is 0. The molecule has 2 atom stereocenters. The van der Waals surface area contributed by atoms with E-state index < -0.39 is 5.60 Å². The molecule has 2 saturated heterocycles. The summed E-state index contributed by atoms with van der Waals surface area (Å²) in [4.78, 5) is 14.1. The second kappa shape index (κ2) is 3.62. The molecule has 2 heterocycles. The predicted octanol–water partition coefficient (Wildman–Crippen LogP) is 1.75. The Morgan fingerprint density at radius 1 is 1.50 bits per heavy atom. The summed E-state index contributed by atoms with van der Waals surface area (Å²) in [6.07, 6.45) is 2.01. The van der Waals surface area contributed by atoms with Crippen molar-refractivity contribution < 1.29 is 9.53 Å². The Balaban J connectivity index is 2.12. The Labute approximate surface area is 97.3 Å². The van der Waals surface area contributed by atoms with Crippen LogP contribution in [0.2, 0.25) is 0 Å². The van der Waals surface area contributed by atoms with Gasteiger partial charge in [0.05, 0.1) is 5.54 Å². The highest BCUT2D eigenvalue weighted by atomic mass is 16.6. The van der Waals surface area contributed by atoms with Crippen LogP contribution in [0.3, 0.4) is 0 Å². The molecular formula is C12H22N2O2. The normalized spacial score (nSPS) is 34.0. The fourth-order valence-corrected chi connectivity index (χ4v) is 2.72. The van der Waals surface area contributed by atoms with E-state index in [-0.39, 0.29) is 11.6 Å². The van der Waals surface area contributed by atoms with Crippen LogP contribution in [-0.4, -0.2) is 41.3 Å². The molecule has 0 radical (unpaired) electrons. The van der Waals surface area contributed by atoms with E-state index in [1.165, 1.54) is 0 Å². The Hall–Kier alpha value is -0.770. The molecule has 0 spiro atoms. The monoisotopic (exact) mass is 226 g/mol. The number of hydrogen-bond acceptors (Lipinski definition) is 3. The lowest BCUT2D eigenvalue weighted by molar-refractivity contribution is -0.00607. The zero-order chi connectivity index (χ0) is 12.0. The van der Waals surface area contributed by atoms with Crippen LogP contribution in [0, 0.1) is 0 Å². The number of rotatable bonds is 0. The van der Waals surface area contributed by atoms with Crippen molar-refractivity contribution in [1.82, 2.24) is 10.2 Å². The van der Waals surface area contributed by atoms with E-state index in [9.17, 15) is 4.79 Å². The van der Waals surface area contributed by atoms with Crippen molar-refractivity contribution >= 4 is 6.09 Å². The van der Waals surface area contributed by atoms with Crippen LogP contribution < -0.4 is 5.32 Å². The third-order valence-electron chi connectivity index (χ3n) is 3.44. The molecule has 1 amide bonds. The third kappa shape index (κ3) is 2.03. The molecule has 1 N–H and O–H groups in total. The second-order valence-electron chi connectivity index (χ2n) is 6.17. The quantitative estimate of drug-likeness (QED) is 0.684. The molecule has 0 unspecified atom stereocenters. The van der Waals surface area contributed by atoms with Gasteiger partial charge in [0.15, 0.2) is 0 Å². The average molecular weight is 226 g/mol. The Morgan fingerprint density at radius 2 is 2.19 bits per heavy atom. The first-order valence-corrected chi connectivity index (χ1v) is 6.05. The Morgan fingerprint density at radius 3 is 2.75 bits per heavy atom. The molecule has 0 aromatic heterocycles. The number of ether oxygens (including phenoxy) is 1. The van der Waals surface area contributed by atoms with E-state index in [0.717, 1.165) is 25.9 Å². The minimum Gasteiger partial charge on any atom is -0.444 e. The molecule has 0 aliphatic carbocycles. The highest BCUT2D eigenvalue weighted by Gasteiger charge is 2.49. The lowest BCUT2D eigenvalue weighted by Crippen LogP contribution is -2.61. The van der Waals surface area contributed by atoms with Gasteiger partial charge in [-0.15, -0.1) is 0 Å². The minimum atomic E-state index is -0.405. The van der Waals surface area contributed by atoms with Gasteiger partial charge in [0.25, 0.3) is 0 Å². The van der Waals surface area contributed by atoms with E-state index in [0.29, 0.717) is 6.04 Å². The summed E-state index contributed by atoms with van der Waals surface area (Å²) in [6.45, 7) is 9.66. The van der Waals surface area contributed by atoms with Crippen LogP contribution in [0.5, 0.6) is 0 Å². The fraction of sp³-hybridized carbons (Fsp3) is 0.917. The first-order chi connectivity index (χ1) is 7.32. The number of amides is 1. The van der Waals surface area contributed by atoms with Gasteiger partial charge >= 0.3 is 6.09 Å². The molecule has 2 bridgehead atoms. The van der Waals surface area contributed by atoms with Crippen LogP contribution in [0.4, 0.5) is 4.79 Å². The van der Waals surface area contributed by atoms with E-state index in [1.807, 2.05) is 25.7 Å². The predicted molar refractivity (Wildman–Crippen MR) is 62.4 cm³/mol. The van der Waals surface area contributed by atoms with Gasteiger partial charge < -0.3 is 10.1 Å². The van der Waals surface area contributed by atoms with Crippen molar-refractivity contribution in [3.05, 3.63) is 0 Å². The summed E-state index contributed by atoms with van der Waals surface area (Å²) < 4.78 is 5.48. The van der Waals surface area contributed by atoms with E-state index in [2.05, 4.69) is 12.2 Å². The van der Waals surface area contributed by atoms with Crippen LogP contribution >= 0.6 is 0 Å². The SMILES string of the molecule is CC(C)(C)OC(=O)N1[C@H]2CC[C@@]1(C)CNC2. The number of fused-ring (bicyclic) bond motifs is 2. The summed E-state index contributed by atoms with van der Waals surface area (Å²) in [5.41, 5.74) is -0.455. The lowest BCUT2D eigenvalue weighted by Gasteiger charge is -2.43. The maximum Gasteiger partial charge on any atom is 0.411 e. The van der Waals surface area contributed by atoms with Crippen LogP contribution in [-0.2, 0) is 4.74 Å². The van der Waals surface area contributed by atoms with Crippen molar-refractivity contribution in [3.8, 4) is 0 Å². The molecule has 0 aromatic rings. The van der Waals surface area contributed by atoms with Gasteiger partial charge in [0.1, 0.15) is 5.60 Å². The molecule has 92 valence electrons. The van der Waals surface area contributed by atoms with Gasteiger partial charge in [-0.2, -0.15) is 0 Å². The van der Waals surface area contributed by atoms with E-state index in [1.54, 1.807) is 0 Å². The number of carbonyl (C=O) groups excluding carboxylic acids is 1. The van der Waals surface area contributed by atoms with Gasteiger partial charge in [-0.3, -0.25) is 4.90 Å². The zero-order valence-electron chi connectivity index (χ0n) is 10.7. The van der Waals surface area contributed by atoms with Gasteiger partial charge in [0.2, 0.25) is 0 Å². The Kier molecular flexibility index (Phi) is 2.65. The molecule has 0 aromatic carbocycles. The van der Waals surface area contributed by atoms with E-state index in [4.69, 9.17) is 4.74 Å². The zero-order valence-corrected chi connectivity index (χ0v) is 10.7. The smallest absolute Gasteiger partial charge is 0.411 e. The molecule has 4 nitrogen and oxygen atoms in total. The van der Waals surface area contributed by atoms with Crippen LogP contribution in [0.15, 0.2) is 0 Å². The number of nitrogens with one attached hydrogen (secondary N) is 1. The number of hydrogen-bond donors (Lipinski definition) is 1. The summed E-state index contributed by atoms with van der Waals surface area (Å²) in [5, 5.41) is 3.39. The Bertz CT molecular complexity index is 294. The average Bonchev–Trinajstić information content (AvgIpc) is 2.30. The first-order valence-electron chi connectivity index (χ1n) is 6.05. The van der Waals surface area contributed by atoms with Gasteiger partial charge in [-0.05, 0) is 40.5 Å². The molecule has 0 saturated carbocycles. The van der Waals surface area contributed by atoms with Crippen LogP contribution in [0.25, 0.3) is 0 Å². The molecule has 16 heavy (non-hydrogen) atoms. The first kappa shape index (κ1) is 11.7. The summed E-state index contributed by atoms with van der Waals surface area (Å²) >= 11 is 0. The van der Waals surface area contributed by atoms with E-state index >= 15 is 0 Å². The molecule has 4 heteroatoms. The molecule has 2 aliphatic rings. The van der Waals surface area contributed by atoms with Gasteiger partial charge in [-0.1, -0.05) is 0 Å². The molecule has 2 fully saturated rings. The molecular weight excluding hydrogens is 204 g/mol. The molecule has 2 aliphatic heterocycles. The minimum absolute atomic E-state index is 0.0503. The standard InChI is InChI=1S/C12H22N2O2/c1-11(2,3)16-10(15)14-9-5-6-12(14,4)8-13-7-9/h9,13H,5-8H2,1-4H3/t9-,12-/m0/s1. The largest absolute Gasteiger partial charge is 0.444 e. The highest BCUT2D eigenvalue weighted by molar-refractivity contribution is 5.70. The van der Waals surface area contributed by atoms with Crippen molar-refractivity contribution in [2.75, 3.05) is 13.1 Å². The summed E-state index contributed by atoms with van der Waals surface area (Å²) in [6, 6.07) is 0.314. The lowest BCUT2D eigenvalue weighted by atomic mass is 9.99. The number of piperazine rings is 1. The van der Waals surface area contributed by atoms with Crippen molar-refractivity contribution in [3.63, 3.8) is 0 Å².